The number of carbonyl (C=O) groups excluding carboxylic acids is 1. The topological polar surface area (TPSA) is 59.0 Å². The molecule has 2 N–H and O–H groups in total. The standard InChI is InChI=1S/C23H22Cl2N4S.CH2O/c24-18-7-6-17-16-8-10-26-11-9-20(16)29(22(17)21(18)25)13-12-27-23-28-19(14-30-23)15-4-2-1-3-5-15;1-2/h1-7,14,26H,8-13H2,(H,27,28);1H2. The van der Waals surface area contributed by atoms with Gasteiger partial charge < -0.3 is 20.0 Å². The molecule has 0 radical (unpaired) electrons. The molecule has 5 rings (SSSR count). The zero-order valence-electron chi connectivity index (χ0n) is 17.5. The Morgan fingerprint density at radius 2 is 1.88 bits per heavy atom. The normalized spacial score (nSPS) is 13.2. The molecule has 3 heterocycles. The highest BCUT2D eigenvalue weighted by Gasteiger charge is 2.21. The second kappa shape index (κ2) is 10.5. The van der Waals surface area contributed by atoms with E-state index in [2.05, 4.69) is 38.8 Å². The smallest absolute Gasteiger partial charge is 0.183 e. The minimum absolute atomic E-state index is 0.608. The fraction of sp³-hybridized carbons (Fsp3) is 0.250. The predicted octanol–water partition coefficient (Wildman–Crippen LogP) is 5.69. The number of hydrogen-bond donors (Lipinski definition) is 2. The third-order valence-corrected chi connectivity index (χ3v) is 7.21. The van der Waals surface area contributed by atoms with Gasteiger partial charge in [0, 0.05) is 48.1 Å². The van der Waals surface area contributed by atoms with Gasteiger partial charge in [-0.3, -0.25) is 0 Å². The van der Waals surface area contributed by atoms with E-state index in [1.807, 2.05) is 31.1 Å². The van der Waals surface area contributed by atoms with Crippen molar-refractivity contribution in [2.24, 2.45) is 0 Å². The Balaban J connectivity index is 0.00000119. The van der Waals surface area contributed by atoms with Gasteiger partial charge in [-0.25, -0.2) is 4.98 Å². The number of benzene rings is 2. The number of rotatable bonds is 5. The van der Waals surface area contributed by atoms with Crippen molar-refractivity contribution in [3.8, 4) is 11.3 Å². The first-order valence-corrected chi connectivity index (χ1v) is 12.1. The van der Waals surface area contributed by atoms with Crippen LogP contribution in [0.15, 0.2) is 47.8 Å². The lowest BCUT2D eigenvalue weighted by Gasteiger charge is -2.12. The lowest BCUT2D eigenvalue weighted by molar-refractivity contribution is -0.0979. The molecule has 0 atom stereocenters. The first kappa shape index (κ1) is 22.8. The summed E-state index contributed by atoms with van der Waals surface area (Å²) >= 11 is 14.7. The lowest BCUT2D eigenvalue weighted by Crippen LogP contribution is -2.18. The first-order chi connectivity index (χ1) is 15.7. The molecule has 0 spiro atoms. The van der Waals surface area contributed by atoms with Crippen LogP contribution in [0.5, 0.6) is 0 Å². The van der Waals surface area contributed by atoms with Crippen molar-refractivity contribution >= 4 is 57.4 Å². The van der Waals surface area contributed by atoms with Gasteiger partial charge in [-0.2, -0.15) is 0 Å². The van der Waals surface area contributed by atoms with E-state index in [0.717, 1.165) is 60.9 Å². The molecule has 0 amide bonds. The molecule has 0 fully saturated rings. The fourth-order valence-corrected chi connectivity index (χ4v) is 5.40. The maximum absolute atomic E-state index is 8.00. The van der Waals surface area contributed by atoms with Crippen LogP contribution in [-0.4, -0.2) is 36.0 Å². The molecule has 1 aliphatic heterocycles. The largest absolute Gasteiger partial charge is 0.360 e. The third-order valence-electron chi connectivity index (χ3n) is 5.61. The molecule has 0 saturated carbocycles. The quantitative estimate of drug-likeness (QED) is 0.380. The number of anilines is 1. The Morgan fingerprint density at radius 1 is 1.09 bits per heavy atom. The molecular formula is C24H24Cl2N4OS. The van der Waals surface area contributed by atoms with E-state index in [9.17, 15) is 0 Å². The number of aromatic nitrogens is 2. The van der Waals surface area contributed by atoms with Gasteiger partial charge in [-0.05, 0) is 24.6 Å². The van der Waals surface area contributed by atoms with E-state index in [-0.39, 0.29) is 0 Å². The number of fused-ring (bicyclic) bond motifs is 3. The molecule has 166 valence electrons. The third kappa shape index (κ3) is 4.55. The van der Waals surface area contributed by atoms with Gasteiger partial charge >= 0.3 is 0 Å². The second-order valence-corrected chi connectivity index (χ2v) is 9.06. The summed E-state index contributed by atoms with van der Waals surface area (Å²) in [6, 6.07) is 14.3. The van der Waals surface area contributed by atoms with Gasteiger partial charge in [0.15, 0.2) is 5.13 Å². The number of nitrogens with one attached hydrogen (secondary N) is 2. The molecule has 32 heavy (non-hydrogen) atoms. The summed E-state index contributed by atoms with van der Waals surface area (Å²) in [6.07, 6.45) is 2.00. The minimum atomic E-state index is 0.608. The Morgan fingerprint density at radius 3 is 2.69 bits per heavy atom. The number of hydrogen-bond acceptors (Lipinski definition) is 5. The van der Waals surface area contributed by atoms with Crippen LogP contribution >= 0.6 is 34.5 Å². The molecule has 0 aliphatic carbocycles. The molecule has 0 bridgehead atoms. The van der Waals surface area contributed by atoms with Crippen LogP contribution in [0.25, 0.3) is 22.2 Å². The van der Waals surface area contributed by atoms with Crippen molar-refractivity contribution in [1.29, 1.82) is 0 Å². The number of nitrogens with zero attached hydrogens (tertiary/aromatic N) is 2. The van der Waals surface area contributed by atoms with Crippen LogP contribution in [-0.2, 0) is 24.2 Å². The van der Waals surface area contributed by atoms with Crippen molar-refractivity contribution in [3.63, 3.8) is 0 Å². The van der Waals surface area contributed by atoms with E-state index in [4.69, 9.17) is 33.0 Å². The van der Waals surface area contributed by atoms with E-state index >= 15 is 0 Å². The molecule has 0 saturated heterocycles. The van der Waals surface area contributed by atoms with Crippen molar-refractivity contribution in [2.75, 3.05) is 25.0 Å². The Hall–Kier alpha value is -2.38. The van der Waals surface area contributed by atoms with Gasteiger partial charge in [-0.15, -0.1) is 11.3 Å². The van der Waals surface area contributed by atoms with Crippen LogP contribution in [0, 0.1) is 0 Å². The SMILES string of the molecule is C=O.Clc1ccc2c3c(n(CCNc4nc(-c5ccccc5)cs4)c2c1Cl)CCNCC3. The van der Waals surface area contributed by atoms with E-state index in [1.165, 1.54) is 16.6 Å². The number of carbonyl (C=O) groups is 1. The molecule has 4 aromatic rings. The van der Waals surface area contributed by atoms with E-state index in [1.54, 1.807) is 11.3 Å². The maximum Gasteiger partial charge on any atom is 0.183 e. The Labute approximate surface area is 201 Å². The molecule has 2 aromatic heterocycles. The van der Waals surface area contributed by atoms with Crippen LogP contribution in [0.1, 0.15) is 11.3 Å². The molecule has 8 heteroatoms. The summed E-state index contributed by atoms with van der Waals surface area (Å²) in [5, 5.41) is 12.5. The van der Waals surface area contributed by atoms with Crippen molar-refractivity contribution in [2.45, 2.75) is 19.4 Å². The van der Waals surface area contributed by atoms with Gasteiger partial charge in [0.1, 0.15) is 6.79 Å². The maximum atomic E-state index is 8.00. The van der Waals surface area contributed by atoms with E-state index in [0.29, 0.717) is 10.0 Å². The molecular weight excluding hydrogens is 463 g/mol. The highest BCUT2D eigenvalue weighted by atomic mass is 35.5. The fourth-order valence-electron chi connectivity index (χ4n) is 4.23. The lowest BCUT2D eigenvalue weighted by atomic mass is 10.1. The Bertz CT molecular complexity index is 1210. The summed E-state index contributed by atoms with van der Waals surface area (Å²) in [7, 11) is 0. The van der Waals surface area contributed by atoms with Crippen LogP contribution in [0.3, 0.4) is 0 Å². The summed E-state index contributed by atoms with van der Waals surface area (Å²) in [5.41, 5.74) is 5.96. The number of thiazole rings is 1. The zero-order chi connectivity index (χ0) is 22.5. The van der Waals surface area contributed by atoms with Crippen molar-refractivity contribution in [1.82, 2.24) is 14.9 Å². The zero-order valence-corrected chi connectivity index (χ0v) is 19.9. The van der Waals surface area contributed by atoms with Crippen molar-refractivity contribution < 1.29 is 4.79 Å². The van der Waals surface area contributed by atoms with Crippen molar-refractivity contribution in [3.05, 3.63) is 69.1 Å². The van der Waals surface area contributed by atoms with Crippen LogP contribution < -0.4 is 10.6 Å². The van der Waals surface area contributed by atoms with Gasteiger partial charge in [0.25, 0.3) is 0 Å². The summed E-state index contributed by atoms with van der Waals surface area (Å²) < 4.78 is 2.35. The molecule has 2 aromatic carbocycles. The van der Waals surface area contributed by atoms with Gasteiger partial charge in [0.2, 0.25) is 0 Å². The minimum Gasteiger partial charge on any atom is -0.360 e. The van der Waals surface area contributed by atoms with Gasteiger partial charge in [-0.1, -0.05) is 59.6 Å². The average molecular weight is 487 g/mol. The first-order valence-electron chi connectivity index (χ1n) is 10.4. The average Bonchev–Trinajstić information content (AvgIpc) is 3.33. The second-order valence-electron chi connectivity index (χ2n) is 7.42. The van der Waals surface area contributed by atoms with E-state index < -0.39 is 0 Å². The monoisotopic (exact) mass is 486 g/mol. The number of halogens is 2. The highest BCUT2D eigenvalue weighted by molar-refractivity contribution is 7.14. The molecule has 1 aliphatic rings. The highest BCUT2D eigenvalue weighted by Crippen LogP contribution is 2.37. The molecule has 0 unspecified atom stereocenters. The van der Waals surface area contributed by atoms with Crippen LogP contribution in [0.4, 0.5) is 5.13 Å². The Kier molecular flexibility index (Phi) is 7.48. The summed E-state index contributed by atoms with van der Waals surface area (Å²) in [5.74, 6) is 0. The van der Waals surface area contributed by atoms with Crippen LogP contribution in [0.2, 0.25) is 10.0 Å². The van der Waals surface area contributed by atoms with Gasteiger partial charge in [0.05, 0.1) is 21.3 Å². The predicted molar refractivity (Wildman–Crippen MR) is 135 cm³/mol. The summed E-state index contributed by atoms with van der Waals surface area (Å²) in [4.78, 5) is 12.7. The molecule has 5 nitrogen and oxygen atoms in total. The summed E-state index contributed by atoms with van der Waals surface area (Å²) in [6.45, 7) is 5.56.